The summed E-state index contributed by atoms with van der Waals surface area (Å²) in [6.45, 7) is 0.499. The number of fused-ring (bicyclic) bond motifs is 2. The normalized spacial score (nSPS) is 15.5. The molecular weight excluding hydrogens is 362 g/mol. The van der Waals surface area contributed by atoms with Crippen molar-refractivity contribution in [3.05, 3.63) is 89.6 Å². The number of benzene rings is 3. The number of methoxy groups -OCH3 is 1. The number of ether oxygens (including phenoxy) is 1. The molecule has 29 heavy (non-hydrogen) atoms. The maximum absolute atomic E-state index is 12.3. The molecule has 2 amide bonds. The van der Waals surface area contributed by atoms with Gasteiger partial charge in [0.15, 0.2) is 0 Å². The van der Waals surface area contributed by atoms with E-state index < -0.39 is 6.03 Å². The lowest BCUT2D eigenvalue weighted by Gasteiger charge is -2.23. The van der Waals surface area contributed by atoms with Crippen molar-refractivity contribution in [3.63, 3.8) is 0 Å². The van der Waals surface area contributed by atoms with E-state index in [2.05, 4.69) is 29.2 Å². The molecule has 0 saturated carbocycles. The van der Waals surface area contributed by atoms with Gasteiger partial charge in [-0.3, -0.25) is 0 Å². The van der Waals surface area contributed by atoms with Crippen molar-refractivity contribution in [1.82, 2.24) is 9.88 Å². The fourth-order valence-electron chi connectivity index (χ4n) is 4.28. The Kier molecular flexibility index (Phi) is 4.02. The Morgan fingerprint density at radius 2 is 1.79 bits per heavy atom. The van der Waals surface area contributed by atoms with Crippen LogP contribution in [0, 0.1) is 0 Å². The van der Waals surface area contributed by atoms with Crippen LogP contribution in [0.1, 0.15) is 22.7 Å². The molecule has 1 aliphatic rings. The topological polar surface area (TPSA) is 71.3 Å². The van der Waals surface area contributed by atoms with Crippen LogP contribution >= 0.6 is 0 Å². The molecule has 0 radical (unpaired) electrons. The van der Waals surface area contributed by atoms with Crippen LogP contribution in [-0.4, -0.2) is 23.0 Å². The van der Waals surface area contributed by atoms with Gasteiger partial charge < -0.3 is 20.4 Å². The lowest BCUT2D eigenvalue weighted by Crippen LogP contribution is -2.34. The standard InChI is InChI=1S/C24H21N3O2/c1-29-18-9-6-15(7-10-18)16-8-11-19-17(12-16)14-27(24(25)28)23(19)21-13-26-22-5-3-2-4-20(21)22/h2-13,23,26H,14H2,1H3,(H2,25,28). The minimum Gasteiger partial charge on any atom is -0.497 e. The number of urea groups is 1. The van der Waals surface area contributed by atoms with E-state index in [4.69, 9.17) is 10.5 Å². The molecule has 3 aromatic carbocycles. The first-order chi connectivity index (χ1) is 14.2. The van der Waals surface area contributed by atoms with Crippen molar-refractivity contribution in [1.29, 1.82) is 0 Å². The monoisotopic (exact) mass is 383 g/mol. The zero-order chi connectivity index (χ0) is 20.0. The van der Waals surface area contributed by atoms with Crippen LogP contribution in [0.3, 0.4) is 0 Å². The molecule has 0 spiro atoms. The highest BCUT2D eigenvalue weighted by Gasteiger charge is 2.35. The van der Waals surface area contributed by atoms with Gasteiger partial charge in [0.1, 0.15) is 5.75 Å². The number of nitrogens with two attached hydrogens (primary N) is 1. The molecule has 5 rings (SSSR count). The van der Waals surface area contributed by atoms with Crippen LogP contribution in [0.2, 0.25) is 0 Å². The maximum atomic E-state index is 12.3. The van der Waals surface area contributed by atoms with E-state index in [1.807, 2.05) is 48.7 Å². The molecule has 1 aromatic heterocycles. The number of hydrogen-bond acceptors (Lipinski definition) is 2. The van der Waals surface area contributed by atoms with Crippen molar-refractivity contribution in [2.75, 3.05) is 7.11 Å². The summed E-state index contributed by atoms with van der Waals surface area (Å²) in [5, 5.41) is 1.11. The van der Waals surface area contributed by atoms with Crippen LogP contribution in [0.5, 0.6) is 5.75 Å². The zero-order valence-corrected chi connectivity index (χ0v) is 16.1. The van der Waals surface area contributed by atoms with Gasteiger partial charge >= 0.3 is 6.03 Å². The van der Waals surface area contributed by atoms with Crippen LogP contribution < -0.4 is 10.5 Å². The molecule has 0 saturated heterocycles. The SMILES string of the molecule is COc1ccc(-c2ccc3c(c2)CN(C(N)=O)C3c2c[nH]c3ccccc23)cc1. The van der Waals surface area contributed by atoms with Gasteiger partial charge in [0.25, 0.3) is 0 Å². The number of aromatic nitrogens is 1. The van der Waals surface area contributed by atoms with Gasteiger partial charge in [-0.2, -0.15) is 0 Å². The van der Waals surface area contributed by atoms with Crippen LogP contribution in [-0.2, 0) is 6.54 Å². The molecule has 5 heteroatoms. The van der Waals surface area contributed by atoms with Gasteiger partial charge in [-0.05, 0) is 46.5 Å². The van der Waals surface area contributed by atoms with E-state index in [1.54, 1.807) is 12.0 Å². The number of carbonyl (C=O) groups is 1. The highest BCUT2D eigenvalue weighted by Crippen LogP contribution is 2.42. The lowest BCUT2D eigenvalue weighted by atomic mass is 9.94. The summed E-state index contributed by atoms with van der Waals surface area (Å²) in [4.78, 5) is 17.3. The predicted octanol–water partition coefficient (Wildman–Crippen LogP) is 4.83. The second-order valence-electron chi connectivity index (χ2n) is 7.30. The Morgan fingerprint density at radius 3 is 2.55 bits per heavy atom. The highest BCUT2D eigenvalue weighted by molar-refractivity contribution is 5.86. The highest BCUT2D eigenvalue weighted by atomic mass is 16.5. The Bertz CT molecular complexity index is 1210. The largest absolute Gasteiger partial charge is 0.497 e. The molecule has 1 aliphatic heterocycles. The number of carbonyl (C=O) groups excluding carboxylic acids is 1. The number of primary amides is 1. The Hall–Kier alpha value is -3.73. The molecule has 4 aromatic rings. The maximum Gasteiger partial charge on any atom is 0.315 e. The third kappa shape index (κ3) is 2.83. The minimum atomic E-state index is -0.414. The molecule has 5 nitrogen and oxygen atoms in total. The van der Waals surface area contributed by atoms with E-state index in [1.165, 1.54) is 0 Å². The quantitative estimate of drug-likeness (QED) is 0.532. The molecule has 1 unspecified atom stereocenters. The van der Waals surface area contributed by atoms with Gasteiger partial charge in [-0.25, -0.2) is 4.79 Å². The molecule has 3 N–H and O–H groups in total. The number of amides is 2. The van der Waals surface area contributed by atoms with Crippen LogP contribution in [0.15, 0.2) is 72.9 Å². The van der Waals surface area contributed by atoms with Gasteiger partial charge in [-0.1, -0.05) is 42.5 Å². The number of aromatic amines is 1. The fraction of sp³-hybridized carbons (Fsp3) is 0.125. The van der Waals surface area contributed by atoms with E-state index in [0.717, 1.165) is 44.5 Å². The lowest BCUT2D eigenvalue weighted by molar-refractivity contribution is 0.199. The van der Waals surface area contributed by atoms with Crippen molar-refractivity contribution in [3.8, 4) is 16.9 Å². The average molecular weight is 383 g/mol. The third-order valence-electron chi connectivity index (χ3n) is 5.71. The number of nitrogens with one attached hydrogen (secondary N) is 1. The first-order valence-electron chi connectivity index (χ1n) is 9.55. The molecule has 0 bridgehead atoms. The van der Waals surface area contributed by atoms with Crippen molar-refractivity contribution < 1.29 is 9.53 Å². The Morgan fingerprint density at radius 1 is 1.03 bits per heavy atom. The van der Waals surface area contributed by atoms with Gasteiger partial charge in [0.2, 0.25) is 0 Å². The predicted molar refractivity (Wildman–Crippen MR) is 114 cm³/mol. The van der Waals surface area contributed by atoms with Crippen LogP contribution in [0.4, 0.5) is 4.79 Å². The Balaban J connectivity index is 1.60. The van der Waals surface area contributed by atoms with Crippen molar-refractivity contribution in [2.24, 2.45) is 5.73 Å². The second kappa shape index (κ2) is 6.71. The first kappa shape index (κ1) is 17.4. The molecule has 0 aliphatic carbocycles. The van der Waals surface area contributed by atoms with E-state index in [0.29, 0.717) is 6.54 Å². The molecule has 1 atom stereocenters. The average Bonchev–Trinajstić information content (AvgIpc) is 3.34. The van der Waals surface area contributed by atoms with E-state index in [9.17, 15) is 4.79 Å². The van der Waals surface area contributed by atoms with Gasteiger partial charge in [0.05, 0.1) is 13.2 Å². The zero-order valence-electron chi connectivity index (χ0n) is 16.1. The van der Waals surface area contributed by atoms with Crippen molar-refractivity contribution in [2.45, 2.75) is 12.6 Å². The molecular formula is C24H21N3O2. The molecule has 144 valence electrons. The van der Waals surface area contributed by atoms with E-state index in [-0.39, 0.29) is 6.04 Å². The summed E-state index contributed by atoms with van der Waals surface area (Å²) in [5.41, 5.74) is 12.3. The fourth-order valence-corrected chi connectivity index (χ4v) is 4.28. The summed E-state index contributed by atoms with van der Waals surface area (Å²) in [6.07, 6.45) is 1.98. The smallest absolute Gasteiger partial charge is 0.315 e. The summed E-state index contributed by atoms with van der Waals surface area (Å²) in [5.74, 6) is 0.828. The summed E-state index contributed by atoms with van der Waals surface area (Å²) in [7, 11) is 1.66. The van der Waals surface area contributed by atoms with Crippen molar-refractivity contribution >= 4 is 16.9 Å². The first-order valence-corrected chi connectivity index (χ1v) is 9.55. The number of hydrogen-bond donors (Lipinski definition) is 2. The van der Waals surface area contributed by atoms with Gasteiger partial charge in [0, 0.05) is 29.2 Å². The second-order valence-corrected chi connectivity index (χ2v) is 7.30. The summed E-state index contributed by atoms with van der Waals surface area (Å²) >= 11 is 0. The van der Waals surface area contributed by atoms with E-state index >= 15 is 0 Å². The minimum absolute atomic E-state index is 0.191. The summed E-state index contributed by atoms with van der Waals surface area (Å²) in [6, 6.07) is 21.9. The van der Waals surface area contributed by atoms with Crippen LogP contribution in [0.25, 0.3) is 22.0 Å². The number of para-hydroxylation sites is 1. The summed E-state index contributed by atoms with van der Waals surface area (Å²) < 4.78 is 5.25. The number of rotatable bonds is 3. The number of H-pyrrole nitrogens is 1. The third-order valence-corrected chi connectivity index (χ3v) is 5.71. The van der Waals surface area contributed by atoms with Gasteiger partial charge in [-0.15, -0.1) is 0 Å². The Labute approximate surface area is 168 Å². The number of nitrogens with zero attached hydrogens (tertiary/aromatic N) is 1. The molecule has 0 fully saturated rings. The molecule has 2 heterocycles.